The Morgan fingerprint density at radius 2 is 1.88 bits per heavy atom. The van der Waals surface area contributed by atoms with Crippen molar-refractivity contribution in [3.8, 4) is 0 Å². The predicted molar refractivity (Wildman–Crippen MR) is 56.5 cm³/mol. The zero-order valence-electron chi connectivity index (χ0n) is 8.42. The third kappa shape index (κ3) is 1.88. The molecule has 16 heavy (non-hydrogen) atoms. The highest BCUT2D eigenvalue weighted by Gasteiger charge is 2.28. The van der Waals surface area contributed by atoms with Gasteiger partial charge in [-0.05, 0) is 24.1 Å². The molecule has 0 amide bonds. The van der Waals surface area contributed by atoms with Gasteiger partial charge in [0.05, 0.1) is 17.4 Å². The molecule has 0 radical (unpaired) electrons. The Labute approximate surface area is 93.4 Å². The molecule has 0 unspecified atom stereocenters. The number of sulfonamides is 1. The Kier molecular flexibility index (Phi) is 2.59. The molecule has 2 rings (SSSR count). The van der Waals surface area contributed by atoms with Gasteiger partial charge in [0.15, 0.2) is 0 Å². The third-order valence-electron chi connectivity index (χ3n) is 2.49. The highest BCUT2D eigenvalue weighted by Crippen LogP contribution is 2.23. The monoisotopic (exact) mass is 240 g/mol. The summed E-state index contributed by atoms with van der Waals surface area (Å²) in [6.07, 6.45) is 0.602. The summed E-state index contributed by atoms with van der Waals surface area (Å²) < 4.78 is 24.5. The van der Waals surface area contributed by atoms with E-state index in [0.29, 0.717) is 18.7 Å². The van der Waals surface area contributed by atoms with E-state index in [2.05, 4.69) is 0 Å². The Balaban J connectivity index is 2.32. The quantitative estimate of drug-likeness (QED) is 0.704. The molecule has 1 fully saturated rings. The molecule has 1 aliphatic heterocycles. The number of nitrogens with zero attached hydrogens (tertiary/aromatic N) is 1. The summed E-state index contributed by atoms with van der Waals surface area (Å²) in [5.41, 5.74) is 0.544. The van der Waals surface area contributed by atoms with Crippen LogP contribution in [0.1, 0.15) is 16.8 Å². The average Bonchev–Trinajstić information content (AvgIpc) is 2.58. The second-order valence-corrected chi connectivity index (χ2v) is 5.59. The first-order valence-electron chi connectivity index (χ1n) is 4.82. The van der Waals surface area contributed by atoms with Crippen LogP contribution in [0.4, 0.5) is 5.69 Å². The summed E-state index contributed by atoms with van der Waals surface area (Å²) in [5, 5.41) is 10.5. The van der Waals surface area contributed by atoms with Gasteiger partial charge < -0.3 is 9.90 Å². The van der Waals surface area contributed by atoms with E-state index in [-0.39, 0.29) is 11.3 Å². The lowest BCUT2D eigenvalue weighted by molar-refractivity contribution is -0.255. The van der Waals surface area contributed by atoms with E-state index < -0.39 is 16.0 Å². The molecule has 0 N–H and O–H groups in total. The van der Waals surface area contributed by atoms with Crippen molar-refractivity contribution in [2.75, 3.05) is 16.6 Å². The Hall–Kier alpha value is -1.56. The summed E-state index contributed by atoms with van der Waals surface area (Å²) >= 11 is 0. The molecule has 1 heterocycles. The summed E-state index contributed by atoms with van der Waals surface area (Å²) in [5.74, 6) is -1.12. The van der Waals surface area contributed by atoms with Gasteiger partial charge in [-0.15, -0.1) is 0 Å². The topological polar surface area (TPSA) is 77.5 Å². The number of rotatable bonds is 2. The molecule has 86 valence electrons. The summed E-state index contributed by atoms with van der Waals surface area (Å²) in [7, 11) is -3.20. The summed E-state index contributed by atoms with van der Waals surface area (Å²) in [6.45, 7) is 0.451. The fourth-order valence-electron chi connectivity index (χ4n) is 1.69. The summed E-state index contributed by atoms with van der Waals surface area (Å²) in [6, 6.07) is 5.65. The van der Waals surface area contributed by atoms with Crippen LogP contribution >= 0.6 is 0 Å². The number of anilines is 1. The van der Waals surface area contributed by atoms with Crippen LogP contribution in [-0.2, 0) is 10.0 Å². The number of carbonyl (C=O) groups is 1. The number of hydrogen-bond acceptors (Lipinski definition) is 4. The van der Waals surface area contributed by atoms with Crippen LogP contribution in [0.25, 0.3) is 0 Å². The highest BCUT2D eigenvalue weighted by molar-refractivity contribution is 7.93. The molecule has 1 aromatic rings. The zero-order valence-corrected chi connectivity index (χ0v) is 9.24. The van der Waals surface area contributed by atoms with Crippen LogP contribution in [0.5, 0.6) is 0 Å². The third-order valence-corrected chi connectivity index (χ3v) is 4.36. The largest absolute Gasteiger partial charge is 0.545 e. The Morgan fingerprint density at radius 1 is 1.25 bits per heavy atom. The molecule has 0 spiro atoms. The summed E-state index contributed by atoms with van der Waals surface area (Å²) in [4.78, 5) is 10.5. The van der Waals surface area contributed by atoms with Crippen molar-refractivity contribution in [3.05, 3.63) is 29.8 Å². The van der Waals surface area contributed by atoms with Crippen LogP contribution in [0, 0.1) is 0 Å². The highest BCUT2D eigenvalue weighted by atomic mass is 32.2. The van der Waals surface area contributed by atoms with E-state index in [1.54, 1.807) is 0 Å². The standard InChI is InChI=1S/C10H11NO4S/c12-10(13)8-2-4-9(5-3-8)11-6-1-7-16(11,14)15/h2-5H,1,6-7H2,(H,12,13)/p-1. The number of benzene rings is 1. The molecular weight excluding hydrogens is 230 g/mol. The van der Waals surface area contributed by atoms with E-state index in [0.717, 1.165) is 0 Å². The van der Waals surface area contributed by atoms with Crippen molar-refractivity contribution in [1.82, 2.24) is 0 Å². The number of carboxylic acid groups (broad SMARTS) is 1. The van der Waals surface area contributed by atoms with Crippen LogP contribution in [-0.4, -0.2) is 26.7 Å². The van der Waals surface area contributed by atoms with Crippen LogP contribution in [0.15, 0.2) is 24.3 Å². The number of aromatic carboxylic acids is 1. The van der Waals surface area contributed by atoms with Gasteiger partial charge in [-0.25, -0.2) is 8.42 Å². The van der Waals surface area contributed by atoms with Crippen molar-refractivity contribution in [2.24, 2.45) is 0 Å². The van der Waals surface area contributed by atoms with Crippen molar-refractivity contribution >= 4 is 21.7 Å². The fourth-order valence-corrected chi connectivity index (χ4v) is 3.26. The van der Waals surface area contributed by atoms with Gasteiger partial charge in [0.1, 0.15) is 0 Å². The second kappa shape index (κ2) is 3.79. The molecule has 0 saturated carbocycles. The number of carbonyl (C=O) groups excluding carboxylic acids is 1. The predicted octanol–water partition coefficient (Wildman–Crippen LogP) is -0.410. The first-order valence-corrected chi connectivity index (χ1v) is 6.43. The maximum absolute atomic E-state index is 11.6. The molecular formula is C10H10NO4S-. The average molecular weight is 240 g/mol. The molecule has 0 bridgehead atoms. The molecule has 6 heteroatoms. The minimum atomic E-state index is -3.20. The maximum atomic E-state index is 11.6. The van der Waals surface area contributed by atoms with Crippen molar-refractivity contribution in [1.29, 1.82) is 0 Å². The van der Waals surface area contributed by atoms with Crippen molar-refractivity contribution in [2.45, 2.75) is 6.42 Å². The van der Waals surface area contributed by atoms with Gasteiger partial charge in [-0.1, -0.05) is 12.1 Å². The Morgan fingerprint density at radius 3 is 2.31 bits per heavy atom. The van der Waals surface area contributed by atoms with Crippen LogP contribution < -0.4 is 9.41 Å². The smallest absolute Gasteiger partial charge is 0.235 e. The van der Waals surface area contributed by atoms with Gasteiger partial charge in [-0.2, -0.15) is 0 Å². The van der Waals surface area contributed by atoms with E-state index in [1.165, 1.54) is 28.6 Å². The van der Waals surface area contributed by atoms with E-state index in [1.807, 2.05) is 0 Å². The van der Waals surface area contributed by atoms with Gasteiger partial charge in [-0.3, -0.25) is 4.31 Å². The first-order chi connectivity index (χ1) is 7.50. The van der Waals surface area contributed by atoms with Gasteiger partial charge >= 0.3 is 0 Å². The van der Waals surface area contributed by atoms with Gasteiger partial charge in [0.2, 0.25) is 10.0 Å². The van der Waals surface area contributed by atoms with Gasteiger partial charge in [0.25, 0.3) is 0 Å². The molecule has 0 atom stereocenters. The zero-order chi connectivity index (χ0) is 11.8. The SMILES string of the molecule is O=C([O-])c1ccc(N2CCCS2(=O)=O)cc1. The van der Waals surface area contributed by atoms with Crippen molar-refractivity contribution < 1.29 is 18.3 Å². The number of hydrogen-bond donors (Lipinski definition) is 0. The Bertz CT molecular complexity index is 506. The van der Waals surface area contributed by atoms with Crippen molar-refractivity contribution in [3.63, 3.8) is 0 Å². The molecule has 0 aliphatic carbocycles. The first kappa shape index (κ1) is 10.9. The molecule has 0 aromatic heterocycles. The molecule has 1 saturated heterocycles. The molecule has 1 aromatic carbocycles. The van der Waals surface area contributed by atoms with E-state index >= 15 is 0 Å². The van der Waals surface area contributed by atoms with E-state index in [9.17, 15) is 18.3 Å². The molecule has 5 nitrogen and oxygen atoms in total. The fraction of sp³-hybridized carbons (Fsp3) is 0.300. The lowest BCUT2D eigenvalue weighted by Gasteiger charge is -2.17. The second-order valence-electron chi connectivity index (χ2n) is 3.58. The van der Waals surface area contributed by atoms with Crippen LogP contribution in [0.3, 0.4) is 0 Å². The lowest BCUT2D eigenvalue weighted by atomic mass is 10.2. The lowest BCUT2D eigenvalue weighted by Crippen LogP contribution is -2.25. The van der Waals surface area contributed by atoms with Crippen LogP contribution in [0.2, 0.25) is 0 Å². The normalized spacial score (nSPS) is 18.6. The molecule has 1 aliphatic rings. The maximum Gasteiger partial charge on any atom is 0.235 e. The van der Waals surface area contributed by atoms with Gasteiger partial charge in [0, 0.05) is 6.54 Å². The van der Waals surface area contributed by atoms with E-state index in [4.69, 9.17) is 0 Å². The number of carboxylic acids is 1. The minimum absolute atomic E-state index is 0.0420. The minimum Gasteiger partial charge on any atom is -0.545 e.